The van der Waals surface area contributed by atoms with Gasteiger partial charge in [0.05, 0.1) is 23.8 Å². The maximum Gasteiger partial charge on any atom is 0.416 e. The Morgan fingerprint density at radius 1 is 0.737 bits per heavy atom. The maximum atomic E-state index is 13.4. The van der Waals surface area contributed by atoms with Gasteiger partial charge < -0.3 is 4.74 Å². The van der Waals surface area contributed by atoms with Gasteiger partial charge in [-0.2, -0.15) is 26.3 Å². The molecule has 38 heavy (non-hydrogen) atoms. The highest BCUT2D eigenvalue weighted by Crippen LogP contribution is 2.44. The lowest BCUT2D eigenvalue weighted by Gasteiger charge is -2.53. The number of benzene rings is 3. The van der Waals surface area contributed by atoms with Crippen LogP contribution >= 0.6 is 12.4 Å². The third kappa shape index (κ3) is 6.03. The molecule has 3 aromatic carbocycles. The zero-order chi connectivity index (χ0) is 26.2. The fourth-order valence-electron chi connectivity index (χ4n) is 5.87. The topological polar surface area (TPSA) is 12.5 Å². The Bertz CT molecular complexity index is 1120. The number of rotatable bonds is 6. The molecule has 3 heterocycles. The van der Waals surface area contributed by atoms with Crippen molar-refractivity contribution >= 4 is 12.4 Å². The molecule has 0 radical (unpaired) electrons. The monoisotopic (exact) mass is 555 g/mol. The first-order valence-corrected chi connectivity index (χ1v) is 12.3. The Morgan fingerprint density at radius 3 is 1.66 bits per heavy atom. The number of alkyl halides is 6. The number of ether oxygens (including phenoxy) is 1. The summed E-state index contributed by atoms with van der Waals surface area (Å²) < 4.78 is 86.6. The number of piperidine rings is 3. The molecule has 2 bridgehead atoms. The molecule has 0 aromatic heterocycles. The number of fused-ring (bicyclic) bond motifs is 3. The molecule has 0 spiro atoms. The lowest BCUT2D eigenvalue weighted by Crippen LogP contribution is -2.60. The number of hydrogen-bond donors (Lipinski definition) is 0. The van der Waals surface area contributed by atoms with E-state index in [1.165, 1.54) is 0 Å². The molecular formula is C29H28ClF6NO. The van der Waals surface area contributed by atoms with Crippen LogP contribution < -0.4 is 0 Å². The van der Waals surface area contributed by atoms with Gasteiger partial charge in [0.25, 0.3) is 0 Å². The normalized spacial score (nSPS) is 23.3. The molecule has 9 heteroatoms. The zero-order valence-corrected chi connectivity index (χ0v) is 21.2. The summed E-state index contributed by atoms with van der Waals surface area (Å²) in [6, 6.07) is 21.6. The predicted molar refractivity (Wildman–Crippen MR) is 135 cm³/mol. The summed E-state index contributed by atoms with van der Waals surface area (Å²) in [7, 11) is 0. The van der Waals surface area contributed by atoms with E-state index in [-0.39, 0.29) is 54.6 Å². The van der Waals surface area contributed by atoms with Crippen molar-refractivity contribution in [3.63, 3.8) is 0 Å². The van der Waals surface area contributed by atoms with Crippen molar-refractivity contribution in [2.45, 2.75) is 49.9 Å². The van der Waals surface area contributed by atoms with Crippen LogP contribution in [0.25, 0.3) is 0 Å². The predicted octanol–water partition coefficient (Wildman–Crippen LogP) is 7.96. The molecule has 3 aromatic rings. The molecule has 3 aliphatic rings. The van der Waals surface area contributed by atoms with Gasteiger partial charge in [-0.1, -0.05) is 60.7 Å². The summed E-state index contributed by atoms with van der Waals surface area (Å²) in [4.78, 5) is 2.36. The van der Waals surface area contributed by atoms with Crippen molar-refractivity contribution < 1.29 is 31.1 Å². The Labute approximate surface area is 224 Å². The molecule has 3 aliphatic heterocycles. The van der Waals surface area contributed by atoms with E-state index in [1.54, 1.807) is 0 Å². The Hall–Kier alpha value is -2.55. The highest BCUT2D eigenvalue weighted by Gasteiger charge is 2.47. The standard InChI is InChI=1S/C29H27F6NO.ClH/c30-28(31,32)23-15-19(16-24(17-23)29(33,34)35)18-37-27-22-11-13-36(14-12-22)26(27)25(20-7-3-1-4-8-20)21-9-5-2-6-10-21;/h1-10,15-17,22,25-27H,11-14,18H2;1H/t26-,27+;/m0./s1. The largest absolute Gasteiger partial charge is 0.416 e. The molecule has 3 fully saturated rings. The van der Waals surface area contributed by atoms with Crippen molar-refractivity contribution in [2.24, 2.45) is 5.92 Å². The van der Waals surface area contributed by atoms with Gasteiger partial charge in [0.15, 0.2) is 0 Å². The minimum atomic E-state index is -4.89. The van der Waals surface area contributed by atoms with Gasteiger partial charge in [-0.25, -0.2) is 0 Å². The van der Waals surface area contributed by atoms with Crippen molar-refractivity contribution in [2.75, 3.05) is 13.1 Å². The van der Waals surface area contributed by atoms with Crippen molar-refractivity contribution in [3.8, 4) is 0 Å². The van der Waals surface area contributed by atoms with Gasteiger partial charge in [0.1, 0.15) is 0 Å². The van der Waals surface area contributed by atoms with Crippen LogP contribution in [0.2, 0.25) is 0 Å². The lowest BCUT2D eigenvalue weighted by molar-refractivity contribution is -0.143. The minimum Gasteiger partial charge on any atom is -0.372 e. The third-order valence-corrected chi connectivity index (χ3v) is 7.55. The summed E-state index contributed by atoms with van der Waals surface area (Å²) in [6.07, 6.45) is -8.35. The van der Waals surface area contributed by atoms with Crippen LogP contribution in [0.4, 0.5) is 26.3 Å². The molecule has 0 saturated carbocycles. The maximum absolute atomic E-state index is 13.4. The Balaban J connectivity index is 0.00000336. The molecule has 0 aliphatic carbocycles. The van der Waals surface area contributed by atoms with Crippen LogP contribution in [0.1, 0.15) is 46.6 Å². The van der Waals surface area contributed by atoms with Crippen molar-refractivity contribution in [1.29, 1.82) is 0 Å². The lowest BCUT2D eigenvalue weighted by atomic mass is 9.72. The van der Waals surface area contributed by atoms with Crippen molar-refractivity contribution in [3.05, 3.63) is 107 Å². The molecule has 2 atom stereocenters. The van der Waals surface area contributed by atoms with E-state index in [0.29, 0.717) is 0 Å². The van der Waals surface area contributed by atoms with E-state index in [1.807, 2.05) is 36.4 Å². The summed E-state index contributed by atoms with van der Waals surface area (Å²) in [5.41, 5.74) is -0.583. The molecule has 204 valence electrons. The second-order valence-corrected chi connectivity index (χ2v) is 9.85. The molecule has 2 nitrogen and oxygen atoms in total. The van der Waals surface area contributed by atoms with Crippen LogP contribution in [0.15, 0.2) is 78.9 Å². The summed E-state index contributed by atoms with van der Waals surface area (Å²) in [5.74, 6) is 0.126. The van der Waals surface area contributed by atoms with Gasteiger partial charge in [0.2, 0.25) is 0 Å². The van der Waals surface area contributed by atoms with Gasteiger partial charge in [-0.15, -0.1) is 12.4 Å². The Kier molecular flexibility index (Phi) is 8.45. The molecule has 0 N–H and O–H groups in total. The number of hydrogen-bond acceptors (Lipinski definition) is 2. The number of nitrogens with zero attached hydrogens (tertiary/aromatic N) is 1. The highest BCUT2D eigenvalue weighted by molar-refractivity contribution is 5.85. The van der Waals surface area contributed by atoms with Crippen molar-refractivity contribution in [1.82, 2.24) is 4.90 Å². The first kappa shape index (κ1) is 28.5. The van der Waals surface area contributed by atoms with E-state index in [0.717, 1.165) is 49.2 Å². The van der Waals surface area contributed by atoms with E-state index < -0.39 is 23.5 Å². The Morgan fingerprint density at radius 2 is 1.21 bits per heavy atom. The van der Waals surface area contributed by atoms with Crippen LogP contribution in [-0.2, 0) is 23.7 Å². The smallest absolute Gasteiger partial charge is 0.372 e. The molecule has 3 saturated heterocycles. The second kappa shape index (κ2) is 11.3. The first-order valence-electron chi connectivity index (χ1n) is 12.3. The van der Waals surface area contributed by atoms with E-state index >= 15 is 0 Å². The summed E-state index contributed by atoms with van der Waals surface area (Å²) >= 11 is 0. The van der Waals surface area contributed by atoms with Crippen LogP contribution in [0.3, 0.4) is 0 Å². The second-order valence-electron chi connectivity index (χ2n) is 9.85. The summed E-state index contributed by atoms with van der Waals surface area (Å²) in [5, 5.41) is 0. The molecule has 6 rings (SSSR count). The molecule has 0 unspecified atom stereocenters. The average molecular weight is 556 g/mol. The van der Waals surface area contributed by atoms with Gasteiger partial charge in [0, 0.05) is 12.0 Å². The van der Waals surface area contributed by atoms with E-state index in [9.17, 15) is 26.3 Å². The van der Waals surface area contributed by atoms with Crippen LogP contribution in [0, 0.1) is 5.92 Å². The SMILES string of the molecule is Cl.FC(F)(F)c1cc(CO[C@@H]2C3CCN(CC3)[C@H]2C(c2ccccc2)c2ccccc2)cc(C(F)(F)F)c1. The highest BCUT2D eigenvalue weighted by atomic mass is 35.5. The van der Waals surface area contributed by atoms with Gasteiger partial charge in [-0.3, -0.25) is 4.90 Å². The van der Waals surface area contributed by atoms with Gasteiger partial charge >= 0.3 is 12.4 Å². The minimum absolute atomic E-state index is 0. The average Bonchev–Trinajstić information content (AvgIpc) is 2.89. The van der Waals surface area contributed by atoms with E-state index in [2.05, 4.69) is 29.2 Å². The summed E-state index contributed by atoms with van der Waals surface area (Å²) in [6.45, 7) is 1.44. The van der Waals surface area contributed by atoms with E-state index in [4.69, 9.17) is 4.74 Å². The number of halogens is 7. The fourth-order valence-corrected chi connectivity index (χ4v) is 5.87. The fraction of sp³-hybridized carbons (Fsp3) is 0.379. The van der Waals surface area contributed by atoms with Gasteiger partial charge in [-0.05, 0) is 66.7 Å². The first-order chi connectivity index (χ1) is 17.6. The van der Waals surface area contributed by atoms with Crippen LogP contribution in [0.5, 0.6) is 0 Å². The third-order valence-electron chi connectivity index (χ3n) is 7.55. The van der Waals surface area contributed by atoms with Crippen LogP contribution in [-0.4, -0.2) is 30.1 Å². The quantitative estimate of drug-likeness (QED) is 0.286. The molecular weight excluding hydrogens is 528 g/mol. The molecule has 0 amide bonds. The zero-order valence-electron chi connectivity index (χ0n) is 20.4.